The van der Waals surface area contributed by atoms with E-state index in [0.717, 1.165) is 5.56 Å². The zero-order valence-electron chi connectivity index (χ0n) is 18.8. The molecule has 1 aromatic rings. The quantitative estimate of drug-likeness (QED) is 0.0775. The maximum atomic E-state index is 12.4. The molecule has 0 aliphatic carbocycles. The van der Waals surface area contributed by atoms with E-state index in [0.29, 0.717) is 0 Å². The molecule has 0 aromatic heterocycles. The second kappa shape index (κ2) is 14.1. The van der Waals surface area contributed by atoms with Crippen LogP contribution in [0.25, 0.3) is 0 Å². The van der Waals surface area contributed by atoms with E-state index < -0.39 is 52.5 Å². The molecule has 13 nitrogen and oxygen atoms in total. The molecule has 0 radical (unpaired) electrons. The number of carbonyl (C=O) groups is 3. The van der Waals surface area contributed by atoms with Gasteiger partial charge in [-0.15, -0.1) is 0 Å². The lowest BCUT2D eigenvalue weighted by Crippen LogP contribution is -2.55. The van der Waals surface area contributed by atoms with Crippen LogP contribution in [0.2, 0.25) is 0 Å². The number of carboxylic acid groups (broad SMARTS) is 1. The first kappa shape index (κ1) is 28.8. The number of aryl methyl sites for hydroxylation is 1. The zero-order chi connectivity index (χ0) is 25.7. The third-order valence-corrected chi connectivity index (χ3v) is 6.02. The Kier molecular flexibility index (Phi) is 12.0. The number of hydrogen-bond acceptors (Lipinski definition) is 7. The molecule has 34 heavy (non-hydrogen) atoms. The van der Waals surface area contributed by atoms with Crippen molar-refractivity contribution in [1.29, 1.82) is 0 Å². The highest BCUT2D eigenvalue weighted by Crippen LogP contribution is 2.03. The Labute approximate surface area is 198 Å². The smallest absolute Gasteiger partial charge is 0.326 e. The van der Waals surface area contributed by atoms with Gasteiger partial charge in [-0.05, 0) is 31.7 Å². The predicted octanol–water partition coefficient (Wildman–Crippen LogP) is -2.36. The van der Waals surface area contributed by atoms with E-state index in [4.69, 9.17) is 11.5 Å². The van der Waals surface area contributed by atoms with Crippen LogP contribution in [-0.4, -0.2) is 79.4 Å². The summed E-state index contributed by atoms with van der Waals surface area (Å²) in [7, 11) is -3.92. The van der Waals surface area contributed by atoms with E-state index in [-0.39, 0.29) is 37.5 Å². The van der Waals surface area contributed by atoms with Gasteiger partial charge in [0.1, 0.15) is 18.1 Å². The molecule has 3 atom stereocenters. The molecule has 0 aliphatic heterocycles. The number of nitrogens with one attached hydrogen (secondary N) is 3. The highest BCUT2D eigenvalue weighted by atomic mass is 32.2. The number of rotatable bonds is 15. The number of aliphatic hydroxyl groups excluding tert-OH is 1. The summed E-state index contributed by atoms with van der Waals surface area (Å²) >= 11 is 0. The molecular weight excluding hydrogens is 468 g/mol. The Balaban J connectivity index is 2.62. The van der Waals surface area contributed by atoms with Gasteiger partial charge in [-0.2, -0.15) is 0 Å². The summed E-state index contributed by atoms with van der Waals surface area (Å²) in [6.45, 7) is 0.633. The summed E-state index contributed by atoms with van der Waals surface area (Å²) in [5, 5.41) is 23.3. The van der Waals surface area contributed by atoms with Gasteiger partial charge < -0.3 is 32.3 Å². The number of nitrogens with zero attached hydrogens (tertiary/aromatic N) is 1. The molecule has 190 valence electrons. The lowest BCUT2D eigenvalue weighted by Gasteiger charge is -2.21. The fraction of sp³-hybridized carbons (Fsp3) is 0.500. The largest absolute Gasteiger partial charge is 0.480 e. The zero-order valence-corrected chi connectivity index (χ0v) is 19.6. The van der Waals surface area contributed by atoms with E-state index >= 15 is 0 Å². The van der Waals surface area contributed by atoms with Crippen molar-refractivity contribution in [2.24, 2.45) is 16.5 Å². The first-order valence-electron chi connectivity index (χ1n) is 10.5. The van der Waals surface area contributed by atoms with Crippen LogP contribution >= 0.6 is 0 Å². The summed E-state index contributed by atoms with van der Waals surface area (Å²) < 4.78 is 26.7. The fourth-order valence-corrected chi connectivity index (χ4v) is 4.02. The number of hydrogen-bond donors (Lipinski definition) is 7. The standard InChI is InChI=1S/C20H32N6O7S/c1-13(17(28)25-15(19(30)31)8-5-10-23-20(21)22)24-18(29)16(12-27)26-34(32,33)11-9-14-6-3-2-4-7-14/h2-4,6-7,13,15-16,26-27H,5,8-12H2,1H3,(H,24,29)(H,25,28)(H,30,31)(H4,21,22,23)/t13-,15-,16+/m0/s1. The summed E-state index contributed by atoms with van der Waals surface area (Å²) in [6.07, 6.45) is 0.529. The molecule has 14 heteroatoms. The number of carbonyl (C=O) groups excluding carboxylic acids is 2. The van der Waals surface area contributed by atoms with Crippen molar-refractivity contribution >= 4 is 33.8 Å². The number of benzene rings is 1. The number of aliphatic imine (C=N–C) groups is 1. The Morgan fingerprint density at radius 3 is 2.26 bits per heavy atom. The number of aliphatic carboxylic acids is 1. The minimum Gasteiger partial charge on any atom is -0.480 e. The van der Waals surface area contributed by atoms with Gasteiger partial charge in [0.15, 0.2) is 5.96 Å². The van der Waals surface area contributed by atoms with Crippen molar-refractivity contribution < 1.29 is 33.0 Å². The topological polar surface area (TPSA) is 226 Å². The van der Waals surface area contributed by atoms with Crippen LogP contribution in [0.1, 0.15) is 25.3 Å². The Hall–Kier alpha value is -3.23. The summed E-state index contributed by atoms with van der Waals surface area (Å²) in [5.74, 6) is -3.46. The van der Waals surface area contributed by atoms with Gasteiger partial charge in [0, 0.05) is 6.54 Å². The van der Waals surface area contributed by atoms with Crippen molar-refractivity contribution in [2.75, 3.05) is 18.9 Å². The minimum atomic E-state index is -3.92. The molecule has 2 amide bonds. The van der Waals surface area contributed by atoms with Crippen LogP contribution in [0, 0.1) is 0 Å². The molecule has 1 aromatic carbocycles. The van der Waals surface area contributed by atoms with E-state index in [1.807, 2.05) is 0 Å². The van der Waals surface area contributed by atoms with Crippen molar-refractivity contribution in [3.63, 3.8) is 0 Å². The average molecular weight is 501 g/mol. The SMILES string of the molecule is C[C@H](NC(=O)[C@@H](CO)NS(=O)(=O)CCc1ccccc1)C(=O)N[C@@H](CCCN=C(N)N)C(=O)O. The Morgan fingerprint density at radius 2 is 1.71 bits per heavy atom. The van der Waals surface area contributed by atoms with Crippen LogP contribution in [0.4, 0.5) is 0 Å². The number of guanidine groups is 1. The van der Waals surface area contributed by atoms with Gasteiger partial charge in [0.2, 0.25) is 21.8 Å². The second-order valence-corrected chi connectivity index (χ2v) is 9.36. The lowest BCUT2D eigenvalue weighted by atomic mass is 10.1. The highest BCUT2D eigenvalue weighted by Gasteiger charge is 2.28. The maximum Gasteiger partial charge on any atom is 0.326 e. The maximum absolute atomic E-state index is 12.4. The third kappa shape index (κ3) is 11.1. The van der Waals surface area contributed by atoms with Crippen LogP contribution in [0.15, 0.2) is 35.3 Å². The molecule has 0 saturated heterocycles. The van der Waals surface area contributed by atoms with Crippen molar-refractivity contribution in [3.8, 4) is 0 Å². The second-order valence-electron chi connectivity index (χ2n) is 7.49. The summed E-state index contributed by atoms with van der Waals surface area (Å²) in [4.78, 5) is 39.8. The first-order valence-corrected chi connectivity index (χ1v) is 12.1. The van der Waals surface area contributed by atoms with E-state index in [9.17, 15) is 33.0 Å². The van der Waals surface area contributed by atoms with Crippen molar-refractivity contribution in [3.05, 3.63) is 35.9 Å². The van der Waals surface area contributed by atoms with Gasteiger partial charge in [-0.1, -0.05) is 30.3 Å². The number of sulfonamides is 1. The Bertz CT molecular complexity index is 951. The fourth-order valence-electron chi connectivity index (χ4n) is 2.78. The van der Waals surface area contributed by atoms with E-state index in [2.05, 4.69) is 20.3 Å². The molecule has 0 aliphatic rings. The molecule has 0 bridgehead atoms. The molecule has 9 N–H and O–H groups in total. The van der Waals surface area contributed by atoms with Crippen LogP contribution in [0.5, 0.6) is 0 Å². The molecular formula is C20H32N6O7S. The van der Waals surface area contributed by atoms with Crippen molar-refractivity contribution in [2.45, 2.75) is 44.3 Å². The molecule has 1 rings (SSSR count). The molecule has 0 saturated carbocycles. The number of carboxylic acids is 1. The Morgan fingerprint density at radius 1 is 1.06 bits per heavy atom. The van der Waals surface area contributed by atoms with Gasteiger partial charge in [-0.25, -0.2) is 17.9 Å². The summed E-state index contributed by atoms with van der Waals surface area (Å²) in [6, 6.07) is 4.89. The van der Waals surface area contributed by atoms with Gasteiger partial charge in [-0.3, -0.25) is 14.6 Å². The number of aliphatic hydroxyl groups is 1. The van der Waals surface area contributed by atoms with Crippen LogP contribution in [-0.2, 0) is 30.8 Å². The van der Waals surface area contributed by atoms with Crippen LogP contribution < -0.4 is 26.8 Å². The van der Waals surface area contributed by atoms with E-state index in [1.54, 1.807) is 30.3 Å². The summed E-state index contributed by atoms with van der Waals surface area (Å²) in [5.41, 5.74) is 11.2. The highest BCUT2D eigenvalue weighted by molar-refractivity contribution is 7.89. The van der Waals surface area contributed by atoms with Crippen LogP contribution in [0.3, 0.4) is 0 Å². The van der Waals surface area contributed by atoms with Gasteiger partial charge in [0.05, 0.1) is 12.4 Å². The minimum absolute atomic E-state index is 0.0407. The third-order valence-electron chi connectivity index (χ3n) is 4.64. The monoisotopic (exact) mass is 500 g/mol. The molecule has 0 fully saturated rings. The number of amides is 2. The molecule has 0 unspecified atom stereocenters. The average Bonchev–Trinajstić information content (AvgIpc) is 2.78. The lowest BCUT2D eigenvalue weighted by molar-refractivity contribution is -0.142. The predicted molar refractivity (Wildman–Crippen MR) is 125 cm³/mol. The number of nitrogens with two attached hydrogens (primary N) is 2. The molecule has 0 heterocycles. The van der Waals surface area contributed by atoms with Gasteiger partial charge in [0.25, 0.3) is 0 Å². The van der Waals surface area contributed by atoms with E-state index in [1.165, 1.54) is 6.92 Å². The molecule has 0 spiro atoms. The van der Waals surface area contributed by atoms with Gasteiger partial charge >= 0.3 is 5.97 Å². The van der Waals surface area contributed by atoms with Crippen molar-refractivity contribution in [1.82, 2.24) is 15.4 Å². The normalized spacial score (nSPS) is 13.8. The first-order chi connectivity index (χ1) is 15.9.